The first-order valence-electron chi connectivity index (χ1n) is 8.04. The highest BCUT2D eigenvalue weighted by Gasteiger charge is 2.28. The van der Waals surface area contributed by atoms with Crippen LogP contribution in [0.5, 0.6) is 0 Å². The van der Waals surface area contributed by atoms with Crippen molar-refractivity contribution in [3.05, 3.63) is 82.2 Å². The second-order valence-electron chi connectivity index (χ2n) is 5.85. The molecular formula is C19H17ClN2O3S2. The maximum Gasteiger partial charge on any atom is 0.251 e. The number of carbonyl (C=O) groups is 1. The van der Waals surface area contributed by atoms with E-state index in [0.717, 1.165) is 16.9 Å². The van der Waals surface area contributed by atoms with E-state index in [2.05, 4.69) is 10.0 Å². The molecule has 2 aromatic carbocycles. The minimum absolute atomic E-state index is 0.148. The Kier molecular flexibility index (Phi) is 5.96. The van der Waals surface area contributed by atoms with Gasteiger partial charge in [0.1, 0.15) is 10.3 Å². The number of hydrogen-bond acceptors (Lipinski definition) is 4. The molecule has 27 heavy (non-hydrogen) atoms. The number of aryl methyl sites for hydroxylation is 1. The van der Waals surface area contributed by atoms with Crippen LogP contribution in [0.4, 0.5) is 5.69 Å². The van der Waals surface area contributed by atoms with Crippen LogP contribution in [0.3, 0.4) is 0 Å². The maximum atomic E-state index is 12.9. The Morgan fingerprint density at radius 1 is 1.07 bits per heavy atom. The van der Waals surface area contributed by atoms with E-state index in [4.69, 9.17) is 11.6 Å². The predicted octanol–water partition coefficient (Wildman–Crippen LogP) is 4.37. The fourth-order valence-corrected chi connectivity index (χ4v) is 4.85. The lowest BCUT2D eigenvalue weighted by atomic mass is 10.1. The summed E-state index contributed by atoms with van der Waals surface area (Å²) in [5.74, 6) is -0.494. The van der Waals surface area contributed by atoms with E-state index in [1.165, 1.54) is 6.07 Å². The predicted molar refractivity (Wildman–Crippen MR) is 109 cm³/mol. The van der Waals surface area contributed by atoms with Crippen molar-refractivity contribution < 1.29 is 13.2 Å². The average Bonchev–Trinajstić information content (AvgIpc) is 3.19. The third kappa shape index (κ3) is 4.75. The summed E-state index contributed by atoms with van der Waals surface area (Å²) in [6, 6.07) is 15.9. The molecule has 1 amide bonds. The van der Waals surface area contributed by atoms with Crippen LogP contribution in [-0.4, -0.2) is 14.3 Å². The van der Waals surface area contributed by atoms with E-state index < -0.39 is 22.0 Å². The monoisotopic (exact) mass is 420 g/mol. The van der Waals surface area contributed by atoms with Crippen LogP contribution in [0.1, 0.15) is 17.2 Å². The highest BCUT2D eigenvalue weighted by Crippen LogP contribution is 2.24. The highest BCUT2D eigenvalue weighted by molar-refractivity contribution is 7.91. The van der Waals surface area contributed by atoms with Gasteiger partial charge < -0.3 is 5.32 Å². The van der Waals surface area contributed by atoms with Gasteiger partial charge in [0.05, 0.1) is 0 Å². The molecule has 2 N–H and O–H groups in total. The van der Waals surface area contributed by atoms with Crippen LogP contribution >= 0.6 is 22.9 Å². The topological polar surface area (TPSA) is 75.3 Å². The standard InChI is InChI=1S/C19H17ClN2O3S2/c1-13-9-10-15(20)12-16(13)21-19(23)18(14-6-3-2-4-7-14)22-27(24,25)17-8-5-11-26-17/h2-12,18,22H,1H3,(H,21,23)/t18-/m0/s1. The van der Waals surface area contributed by atoms with E-state index in [-0.39, 0.29) is 4.21 Å². The number of anilines is 1. The lowest BCUT2D eigenvalue weighted by Crippen LogP contribution is -2.36. The zero-order chi connectivity index (χ0) is 19.4. The van der Waals surface area contributed by atoms with Crippen molar-refractivity contribution in [3.63, 3.8) is 0 Å². The number of carbonyl (C=O) groups excluding carboxylic acids is 1. The van der Waals surface area contributed by atoms with Gasteiger partial charge in [-0.05, 0) is 41.6 Å². The summed E-state index contributed by atoms with van der Waals surface area (Å²) >= 11 is 7.10. The number of thiophene rings is 1. The number of sulfonamides is 1. The third-order valence-corrected chi connectivity index (χ3v) is 6.94. The summed E-state index contributed by atoms with van der Waals surface area (Å²) in [5, 5.41) is 4.92. The Labute approximate surface area is 167 Å². The largest absolute Gasteiger partial charge is 0.324 e. The van der Waals surface area contributed by atoms with Gasteiger partial charge in [-0.15, -0.1) is 11.3 Å². The van der Waals surface area contributed by atoms with Crippen LogP contribution in [0.15, 0.2) is 70.3 Å². The van der Waals surface area contributed by atoms with Crippen LogP contribution < -0.4 is 10.0 Å². The van der Waals surface area contributed by atoms with Crippen LogP contribution in [0.2, 0.25) is 5.02 Å². The Bertz CT molecular complexity index is 1040. The summed E-state index contributed by atoms with van der Waals surface area (Å²) in [6.45, 7) is 1.83. The summed E-state index contributed by atoms with van der Waals surface area (Å²) in [7, 11) is -3.84. The van der Waals surface area contributed by atoms with Gasteiger partial charge in [0, 0.05) is 10.7 Å². The zero-order valence-electron chi connectivity index (χ0n) is 14.3. The molecule has 8 heteroatoms. The summed E-state index contributed by atoms with van der Waals surface area (Å²) in [5.41, 5.74) is 1.89. The van der Waals surface area contributed by atoms with E-state index in [9.17, 15) is 13.2 Å². The molecule has 5 nitrogen and oxygen atoms in total. The number of amides is 1. The summed E-state index contributed by atoms with van der Waals surface area (Å²) in [4.78, 5) is 12.9. The van der Waals surface area contributed by atoms with Crippen LogP contribution in [0.25, 0.3) is 0 Å². The van der Waals surface area contributed by atoms with Crippen LogP contribution in [-0.2, 0) is 14.8 Å². The molecule has 0 radical (unpaired) electrons. The van der Waals surface area contributed by atoms with Crippen molar-refractivity contribution in [2.45, 2.75) is 17.2 Å². The van der Waals surface area contributed by atoms with Crippen molar-refractivity contribution in [2.75, 3.05) is 5.32 Å². The number of hydrogen-bond donors (Lipinski definition) is 2. The van der Waals surface area contributed by atoms with Crippen molar-refractivity contribution in [3.8, 4) is 0 Å². The average molecular weight is 421 g/mol. The quantitative estimate of drug-likeness (QED) is 0.621. The third-order valence-electron chi connectivity index (χ3n) is 3.89. The second-order valence-corrected chi connectivity index (χ2v) is 9.17. The van der Waals surface area contributed by atoms with Gasteiger partial charge >= 0.3 is 0 Å². The molecule has 0 saturated carbocycles. The van der Waals surface area contributed by atoms with Gasteiger partial charge in [0.15, 0.2) is 0 Å². The Morgan fingerprint density at radius 2 is 1.81 bits per heavy atom. The fraction of sp³-hybridized carbons (Fsp3) is 0.105. The molecule has 0 fully saturated rings. The maximum absolute atomic E-state index is 12.9. The molecular weight excluding hydrogens is 404 g/mol. The lowest BCUT2D eigenvalue weighted by molar-refractivity contribution is -0.117. The molecule has 1 atom stereocenters. The van der Waals surface area contributed by atoms with Crippen molar-refractivity contribution >= 4 is 44.6 Å². The molecule has 0 aliphatic carbocycles. The molecule has 1 heterocycles. The smallest absolute Gasteiger partial charge is 0.251 e. The highest BCUT2D eigenvalue weighted by atomic mass is 35.5. The molecule has 0 aliphatic rings. The fourth-order valence-electron chi connectivity index (χ4n) is 2.48. The Morgan fingerprint density at radius 3 is 2.48 bits per heavy atom. The summed E-state index contributed by atoms with van der Waals surface area (Å²) < 4.78 is 28.0. The lowest BCUT2D eigenvalue weighted by Gasteiger charge is -2.19. The number of halogens is 1. The first-order chi connectivity index (χ1) is 12.9. The van der Waals surface area contributed by atoms with E-state index in [1.54, 1.807) is 60.0 Å². The second kappa shape index (κ2) is 8.22. The molecule has 0 unspecified atom stereocenters. The van der Waals surface area contributed by atoms with Crippen molar-refractivity contribution in [2.24, 2.45) is 0 Å². The van der Waals surface area contributed by atoms with Gasteiger partial charge in [-0.2, -0.15) is 4.72 Å². The van der Waals surface area contributed by atoms with Gasteiger partial charge in [-0.3, -0.25) is 4.79 Å². The van der Waals surface area contributed by atoms with Gasteiger partial charge in [0.2, 0.25) is 5.91 Å². The molecule has 0 aliphatic heterocycles. The van der Waals surface area contributed by atoms with Crippen molar-refractivity contribution in [1.82, 2.24) is 4.72 Å². The van der Waals surface area contributed by atoms with Crippen LogP contribution in [0, 0.1) is 6.92 Å². The van der Waals surface area contributed by atoms with Gasteiger partial charge in [-0.1, -0.05) is 54.1 Å². The normalized spacial score (nSPS) is 12.5. The van der Waals surface area contributed by atoms with E-state index in [1.807, 2.05) is 6.92 Å². The SMILES string of the molecule is Cc1ccc(Cl)cc1NC(=O)[C@@H](NS(=O)(=O)c1cccs1)c1ccccc1. The van der Waals surface area contributed by atoms with Gasteiger partial charge in [0.25, 0.3) is 10.0 Å². The molecule has 0 bridgehead atoms. The Balaban J connectivity index is 1.93. The molecule has 0 saturated heterocycles. The van der Waals surface area contributed by atoms with Crippen molar-refractivity contribution in [1.29, 1.82) is 0 Å². The molecule has 140 valence electrons. The van der Waals surface area contributed by atoms with E-state index in [0.29, 0.717) is 16.3 Å². The first-order valence-corrected chi connectivity index (χ1v) is 10.8. The first kappa shape index (κ1) is 19.6. The molecule has 3 aromatic rings. The summed E-state index contributed by atoms with van der Waals surface area (Å²) in [6.07, 6.45) is 0. The minimum Gasteiger partial charge on any atom is -0.324 e. The zero-order valence-corrected chi connectivity index (χ0v) is 16.7. The number of benzene rings is 2. The Hall–Kier alpha value is -2.19. The van der Waals surface area contributed by atoms with Gasteiger partial charge in [-0.25, -0.2) is 8.42 Å². The number of nitrogens with one attached hydrogen (secondary N) is 2. The molecule has 1 aromatic heterocycles. The van der Waals surface area contributed by atoms with E-state index >= 15 is 0 Å². The molecule has 0 spiro atoms. The number of rotatable bonds is 6. The minimum atomic E-state index is -3.84. The molecule has 3 rings (SSSR count).